The zero-order chi connectivity index (χ0) is 14.6. The van der Waals surface area contributed by atoms with Gasteiger partial charge in [-0.1, -0.05) is 6.07 Å². The van der Waals surface area contributed by atoms with Crippen LogP contribution in [0.3, 0.4) is 0 Å². The molecule has 0 saturated carbocycles. The highest BCUT2D eigenvalue weighted by Gasteiger charge is 2.17. The van der Waals surface area contributed by atoms with Crippen LogP contribution in [0.4, 0.5) is 10.1 Å². The van der Waals surface area contributed by atoms with Crippen molar-refractivity contribution < 1.29 is 19.1 Å². The zero-order valence-corrected chi connectivity index (χ0v) is 10.5. The maximum atomic E-state index is 13.9. The third-order valence-corrected chi connectivity index (χ3v) is 2.49. The number of rotatable bonds is 6. The first kappa shape index (κ1) is 14.9. The first-order valence-electron chi connectivity index (χ1n) is 5.60. The van der Waals surface area contributed by atoms with Gasteiger partial charge in [-0.25, -0.2) is 4.39 Å². The van der Waals surface area contributed by atoms with Crippen molar-refractivity contribution >= 4 is 17.5 Å². The topological polar surface area (TPSA) is 110 Å². The van der Waals surface area contributed by atoms with Crippen molar-refractivity contribution in [1.29, 1.82) is 0 Å². The SMILES string of the molecule is C[C@@H](O)c1ccc(N(CC(N)=O)CC(N)=O)c(F)c1. The number of carbonyl (C=O) groups is 2. The quantitative estimate of drug-likeness (QED) is 0.656. The molecule has 1 aromatic carbocycles. The molecule has 1 atom stereocenters. The van der Waals surface area contributed by atoms with E-state index in [0.29, 0.717) is 5.56 Å². The molecule has 1 rings (SSSR count). The number of primary amides is 2. The summed E-state index contributed by atoms with van der Waals surface area (Å²) in [5.74, 6) is -2.08. The number of amides is 2. The molecule has 2 amide bonds. The number of nitrogens with zero attached hydrogens (tertiary/aromatic N) is 1. The Bertz CT molecular complexity index is 475. The van der Waals surface area contributed by atoms with E-state index < -0.39 is 23.7 Å². The fraction of sp³-hybridized carbons (Fsp3) is 0.333. The summed E-state index contributed by atoms with van der Waals surface area (Å²) in [6.45, 7) is 0.848. The first-order valence-corrected chi connectivity index (χ1v) is 5.60. The number of aliphatic hydroxyl groups excluding tert-OH is 1. The standard InChI is InChI=1S/C12H16FN3O3/c1-7(17)8-2-3-10(9(13)4-8)16(5-11(14)18)6-12(15)19/h2-4,7,17H,5-6H2,1H3,(H2,14,18)(H2,15,19)/t7-/m1/s1. The van der Waals surface area contributed by atoms with Crippen LogP contribution >= 0.6 is 0 Å². The molecule has 0 spiro atoms. The van der Waals surface area contributed by atoms with Crippen molar-refractivity contribution in [2.75, 3.05) is 18.0 Å². The van der Waals surface area contributed by atoms with E-state index >= 15 is 0 Å². The molecule has 104 valence electrons. The molecule has 0 saturated heterocycles. The smallest absolute Gasteiger partial charge is 0.236 e. The molecule has 0 fully saturated rings. The Kier molecular flexibility index (Phi) is 4.82. The van der Waals surface area contributed by atoms with Crippen LogP contribution in [-0.2, 0) is 9.59 Å². The van der Waals surface area contributed by atoms with Crippen molar-refractivity contribution in [3.05, 3.63) is 29.6 Å². The van der Waals surface area contributed by atoms with E-state index in [1.54, 1.807) is 0 Å². The van der Waals surface area contributed by atoms with Crippen LogP contribution in [0, 0.1) is 5.82 Å². The van der Waals surface area contributed by atoms with Crippen LogP contribution in [0.2, 0.25) is 0 Å². The van der Waals surface area contributed by atoms with Gasteiger partial charge in [0.2, 0.25) is 11.8 Å². The van der Waals surface area contributed by atoms with Crippen molar-refractivity contribution in [2.45, 2.75) is 13.0 Å². The summed E-state index contributed by atoms with van der Waals surface area (Å²) in [7, 11) is 0. The lowest BCUT2D eigenvalue weighted by Gasteiger charge is -2.22. The average molecular weight is 269 g/mol. The molecule has 7 heteroatoms. The molecular weight excluding hydrogens is 253 g/mol. The van der Waals surface area contributed by atoms with Crippen LogP contribution in [0.5, 0.6) is 0 Å². The van der Waals surface area contributed by atoms with Gasteiger partial charge in [0.1, 0.15) is 5.82 Å². The lowest BCUT2D eigenvalue weighted by Crippen LogP contribution is -2.40. The van der Waals surface area contributed by atoms with Gasteiger partial charge in [-0.15, -0.1) is 0 Å². The predicted octanol–water partition coefficient (Wildman–Crippen LogP) is -0.344. The van der Waals surface area contributed by atoms with Gasteiger partial charge in [0, 0.05) is 0 Å². The Morgan fingerprint density at radius 1 is 1.32 bits per heavy atom. The van der Waals surface area contributed by atoms with Gasteiger partial charge < -0.3 is 21.5 Å². The highest BCUT2D eigenvalue weighted by molar-refractivity contribution is 5.84. The molecule has 5 N–H and O–H groups in total. The monoisotopic (exact) mass is 269 g/mol. The number of carbonyl (C=O) groups excluding carboxylic acids is 2. The molecule has 6 nitrogen and oxygen atoms in total. The van der Waals surface area contributed by atoms with E-state index in [9.17, 15) is 19.1 Å². The Morgan fingerprint density at radius 3 is 2.21 bits per heavy atom. The molecule has 19 heavy (non-hydrogen) atoms. The number of hydrogen-bond acceptors (Lipinski definition) is 4. The largest absolute Gasteiger partial charge is 0.389 e. The van der Waals surface area contributed by atoms with E-state index in [1.165, 1.54) is 19.1 Å². The van der Waals surface area contributed by atoms with Gasteiger partial charge in [-0.2, -0.15) is 0 Å². The minimum atomic E-state index is -0.815. The second-order valence-electron chi connectivity index (χ2n) is 4.18. The fourth-order valence-electron chi connectivity index (χ4n) is 1.64. The molecule has 0 bridgehead atoms. The number of anilines is 1. The Morgan fingerprint density at radius 2 is 1.84 bits per heavy atom. The maximum Gasteiger partial charge on any atom is 0.236 e. The van der Waals surface area contributed by atoms with Crippen LogP contribution in [0.15, 0.2) is 18.2 Å². The van der Waals surface area contributed by atoms with E-state index in [2.05, 4.69) is 0 Å². The third-order valence-electron chi connectivity index (χ3n) is 2.49. The van der Waals surface area contributed by atoms with Crippen molar-refractivity contribution in [3.63, 3.8) is 0 Å². The highest BCUT2D eigenvalue weighted by atomic mass is 19.1. The van der Waals surface area contributed by atoms with E-state index in [1.807, 2.05) is 0 Å². The number of nitrogens with two attached hydrogens (primary N) is 2. The summed E-state index contributed by atoms with van der Waals surface area (Å²) in [4.78, 5) is 23.0. The average Bonchev–Trinajstić information content (AvgIpc) is 2.26. The summed E-state index contributed by atoms with van der Waals surface area (Å²) < 4.78 is 13.9. The molecule has 0 aliphatic rings. The lowest BCUT2D eigenvalue weighted by atomic mass is 10.1. The van der Waals surface area contributed by atoms with E-state index in [4.69, 9.17) is 11.5 Å². The maximum absolute atomic E-state index is 13.9. The highest BCUT2D eigenvalue weighted by Crippen LogP contribution is 2.23. The summed E-state index contributed by atoms with van der Waals surface area (Å²) >= 11 is 0. The Labute approximate surface area is 109 Å². The number of benzene rings is 1. The number of aliphatic hydroxyl groups is 1. The molecule has 0 heterocycles. The molecular formula is C12H16FN3O3. The molecule has 0 unspecified atom stereocenters. The normalized spacial score (nSPS) is 11.9. The molecule has 1 aromatic rings. The Hall–Kier alpha value is -2.15. The fourth-order valence-corrected chi connectivity index (χ4v) is 1.64. The molecule has 0 radical (unpaired) electrons. The Balaban J connectivity index is 3.07. The van der Waals surface area contributed by atoms with Crippen molar-refractivity contribution in [1.82, 2.24) is 0 Å². The van der Waals surface area contributed by atoms with Crippen LogP contribution in [0.25, 0.3) is 0 Å². The van der Waals surface area contributed by atoms with E-state index in [0.717, 1.165) is 11.0 Å². The minimum Gasteiger partial charge on any atom is -0.389 e. The summed E-state index contributed by atoms with van der Waals surface area (Å²) in [5, 5.41) is 9.34. The first-order chi connectivity index (χ1) is 8.81. The third kappa shape index (κ3) is 4.22. The lowest BCUT2D eigenvalue weighted by molar-refractivity contribution is -0.117. The van der Waals surface area contributed by atoms with Crippen LogP contribution in [-0.4, -0.2) is 30.0 Å². The molecule has 0 aliphatic carbocycles. The predicted molar refractivity (Wildman–Crippen MR) is 67.6 cm³/mol. The van der Waals surface area contributed by atoms with Gasteiger partial charge in [0.25, 0.3) is 0 Å². The van der Waals surface area contributed by atoms with E-state index in [-0.39, 0.29) is 18.8 Å². The van der Waals surface area contributed by atoms with Gasteiger partial charge in [-0.05, 0) is 24.6 Å². The molecule has 0 aromatic heterocycles. The number of hydrogen-bond donors (Lipinski definition) is 3. The number of halogens is 1. The van der Waals surface area contributed by atoms with Crippen LogP contribution < -0.4 is 16.4 Å². The van der Waals surface area contributed by atoms with Crippen LogP contribution in [0.1, 0.15) is 18.6 Å². The van der Waals surface area contributed by atoms with Gasteiger partial charge in [0.05, 0.1) is 24.9 Å². The van der Waals surface area contributed by atoms with Crippen molar-refractivity contribution in [2.24, 2.45) is 11.5 Å². The van der Waals surface area contributed by atoms with Gasteiger partial charge in [0.15, 0.2) is 0 Å². The summed E-state index contributed by atoms with van der Waals surface area (Å²) in [6.07, 6.45) is -0.815. The zero-order valence-electron chi connectivity index (χ0n) is 10.5. The second-order valence-corrected chi connectivity index (χ2v) is 4.18. The summed E-state index contributed by atoms with van der Waals surface area (Å²) in [5.41, 5.74) is 10.5. The van der Waals surface area contributed by atoms with Gasteiger partial charge in [-0.3, -0.25) is 9.59 Å². The minimum absolute atomic E-state index is 0.0296. The van der Waals surface area contributed by atoms with Crippen molar-refractivity contribution in [3.8, 4) is 0 Å². The summed E-state index contributed by atoms with van der Waals surface area (Å²) in [6, 6.07) is 4.00. The second kappa shape index (κ2) is 6.14. The van der Waals surface area contributed by atoms with Gasteiger partial charge >= 0.3 is 0 Å². The molecule has 0 aliphatic heterocycles.